The molecule has 4 heteroatoms. The lowest BCUT2D eigenvalue weighted by Gasteiger charge is -2.19. The summed E-state index contributed by atoms with van der Waals surface area (Å²) in [4.78, 5) is 0. The quantitative estimate of drug-likeness (QED) is 0.894. The van der Waals surface area contributed by atoms with E-state index in [0.717, 1.165) is 5.69 Å². The fourth-order valence-corrected chi connectivity index (χ4v) is 2.06. The number of nitrogens with one attached hydrogen (secondary N) is 1. The molecule has 0 saturated heterocycles. The van der Waals surface area contributed by atoms with Gasteiger partial charge in [0.25, 0.3) is 0 Å². The van der Waals surface area contributed by atoms with Crippen molar-refractivity contribution in [1.82, 2.24) is 0 Å². The van der Waals surface area contributed by atoms with Crippen LogP contribution >= 0.6 is 0 Å². The third-order valence-corrected chi connectivity index (χ3v) is 3.15. The highest BCUT2D eigenvalue weighted by atomic mass is 19.1. The van der Waals surface area contributed by atoms with Crippen molar-refractivity contribution >= 4 is 5.69 Å². The molecule has 0 aliphatic carbocycles. The first-order valence-corrected chi connectivity index (χ1v) is 6.38. The highest BCUT2D eigenvalue weighted by Gasteiger charge is 2.12. The average molecular weight is 275 g/mol. The van der Waals surface area contributed by atoms with E-state index in [1.54, 1.807) is 32.4 Å². The van der Waals surface area contributed by atoms with Crippen molar-refractivity contribution in [3.63, 3.8) is 0 Å². The number of anilines is 1. The molecule has 2 aromatic carbocycles. The molecule has 0 aliphatic rings. The molecular formula is C16H18FNO2. The van der Waals surface area contributed by atoms with Crippen LogP contribution in [0.2, 0.25) is 0 Å². The van der Waals surface area contributed by atoms with Crippen LogP contribution in [-0.4, -0.2) is 14.2 Å². The van der Waals surface area contributed by atoms with Crippen LogP contribution in [0, 0.1) is 5.82 Å². The maximum absolute atomic E-state index is 13.8. The standard InChI is InChI=1S/C16H18FNO2/c1-11(13-6-4-5-7-14(13)17)18-15-9-8-12(19-2)10-16(15)20-3/h4-11,18H,1-3H3. The largest absolute Gasteiger partial charge is 0.497 e. The molecule has 2 rings (SSSR count). The van der Waals surface area contributed by atoms with E-state index in [0.29, 0.717) is 17.1 Å². The summed E-state index contributed by atoms with van der Waals surface area (Å²) in [5.74, 6) is 1.15. The zero-order valence-electron chi connectivity index (χ0n) is 11.8. The Morgan fingerprint density at radius 2 is 1.80 bits per heavy atom. The van der Waals surface area contributed by atoms with Crippen molar-refractivity contribution in [2.75, 3.05) is 19.5 Å². The molecule has 1 N–H and O–H groups in total. The number of methoxy groups -OCH3 is 2. The molecule has 1 unspecified atom stereocenters. The summed E-state index contributed by atoms with van der Waals surface area (Å²) >= 11 is 0. The van der Waals surface area contributed by atoms with E-state index in [1.165, 1.54) is 6.07 Å². The van der Waals surface area contributed by atoms with Gasteiger partial charge >= 0.3 is 0 Å². The third-order valence-electron chi connectivity index (χ3n) is 3.15. The van der Waals surface area contributed by atoms with Gasteiger partial charge in [-0.3, -0.25) is 0 Å². The SMILES string of the molecule is COc1ccc(NC(C)c2ccccc2F)c(OC)c1. The van der Waals surface area contributed by atoms with Crippen LogP contribution in [0.15, 0.2) is 42.5 Å². The highest BCUT2D eigenvalue weighted by molar-refractivity contribution is 5.60. The van der Waals surface area contributed by atoms with Gasteiger partial charge in [-0.1, -0.05) is 18.2 Å². The van der Waals surface area contributed by atoms with Crippen molar-refractivity contribution in [2.24, 2.45) is 0 Å². The Hall–Kier alpha value is -2.23. The van der Waals surface area contributed by atoms with Crippen molar-refractivity contribution in [3.05, 3.63) is 53.8 Å². The summed E-state index contributed by atoms with van der Waals surface area (Å²) in [6, 6.07) is 12.0. The molecule has 0 radical (unpaired) electrons. The second kappa shape index (κ2) is 6.28. The molecule has 0 bridgehead atoms. The summed E-state index contributed by atoms with van der Waals surface area (Å²) in [6.07, 6.45) is 0. The van der Waals surface area contributed by atoms with Gasteiger partial charge in [0.2, 0.25) is 0 Å². The van der Waals surface area contributed by atoms with E-state index < -0.39 is 0 Å². The molecule has 0 amide bonds. The van der Waals surface area contributed by atoms with Crippen molar-refractivity contribution in [2.45, 2.75) is 13.0 Å². The first-order valence-electron chi connectivity index (χ1n) is 6.38. The Bertz CT molecular complexity index is 586. The van der Waals surface area contributed by atoms with Crippen molar-refractivity contribution < 1.29 is 13.9 Å². The van der Waals surface area contributed by atoms with E-state index >= 15 is 0 Å². The zero-order valence-corrected chi connectivity index (χ0v) is 11.8. The Morgan fingerprint density at radius 1 is 1.05 bits per heavy atom. The lowest BCUT2D eigenvalue weighted by atomic mass is 10.1. The van der Waals surface area contributed by atoms with Gasteiger partial charge in [-0.25, -0.2) is 4.39 Å². The number of hydrogen-bond acceptors (Lipinski definition) is 3. The minimum Gasteiger partial charge on any atom is -0.497 e. The van der Waals surface area contributed by atoms with Crippen LogP contribution in [0.5, 0.6) is 11.5 Å². The van der Waals surface area contributed by atoms with Crippen molar-refractivity contribution in [1.29, 1.82) is 0 Å². The molecule has 0 aromatic heterocycles. The smallest absolute Gasteiger partial charge is 0.145 e. The Balaban J connectivity index is 2.23. The number of halogens is 1. The van der Waals surface area contributed by atoms with Crippen LogP contribution in [0.25, 0.3) is 0 Å². The van der Waals surface area contributed by atoms with Gasteiger partial charge in [0.1, 0.15) is 17.3 Å². The Kier molecular flexibility index (Phi) is 4.45. The van der Waals surface area contributed by atoms with Crippen LogP contribution < -0.4 is 14.8 Å². The highest BCUT2D eigenvalue weighted by Crippen LogP contribution is 2.32. The molecule has 0 heterocycles. The summed E-state index contributed by atoms with van der Waals surface area (Å²) in [7, 11) is 3.19. The van der Waals surface area contributed by atoms with E-state index in [1.807, 2.05) is 25.1 Å². The monoisotopic (exact) mass is 275 g/mol. The second-order valence-corrected chi connectivity index (χ2v) is 4.45. The molecule has 0 fully saturated rings. The molecule has 0 saturated carbocycles. The fraction of sp³-hybridized carbons (Fsp3) is 0.250. The van der Waals surface area contributed by atoms with E-state index in [4.69, 9.17) is 9.47 Å². The number of benzene rings is 2. The molecule has 1 atom stereocenters. The van der Waals surface area contributed by atoms with Gasteiger partial charge in [0, 0.05) is 11.6 Å². The van der Waals surface area contributed by atoms with Crippen LogP contribution in [0.4, 0.5) is 10.1 Å². The summed E-state index contributed by atoms with van der Waals surface area (Å²) < 4.78 is 24.2. The fourth-order valence-electron chi connectivity index (χ4n) is 2.06. The van der Waals surface area contributed by atoms with Crippen LogP contribution in [0.1, 0.15) is 18.5 Å². The van der Waals surface area contributed by atoms with Crippen molar-refractivity contribution in [3.8, 4) is 11.5 Å². The third kappa shape index (κ3) is 3.02. The second-order valence-electron chi connectivity index (χ2n) is 4.45. The molecule has 20 heavy (non-hydrogen) atoms. The van der Waals surface area contributed by atoms with Gasteiger partial charge in [-0.05, 0) is 25.1 Å². The van der Waals surface area contributed by atoms with Gasteiger partial charge in [-0.2, -0.15) is 0 Å². The molecule has 3 nitrogen and oxygen atoms in total. The predicted octanol–water partition coefficient (Wildman–Crippen LogP) is 4.02. The van der Waals surface area contributed by atoms with Crippen LogP contribution in [-0.2, 0) is 0 Å². The lowest BCUT2D eigenvalue weighted by Crippen LogP contribution is -2.09. The molecule has 0 aliphatic heterocycles. The van der Waals surface area contributed by atoms with Gasteiger partial charge < -0.3 is 14.8 Å². The number of ether oxygens (including phenoxy) is 2. The van der Waals surface area contributed by atoms with Gasteiger partial charge in [0.05, 0.1) is 25.9 Å². The lowest BCUT2D eigenvalue weighted by molar-refractivity contribution is 0.395. The summed E-state index contributed by atoms with van der Waals surface area (Å²) in [6.45, 7) is 1.90. The normalized spacial score (nSPS) is 11.8. The first kappa shape index (κ1) is 14.2. The van der Waals surface area contributed by atoms with Crippen LogP contribution in [0.3, 0.4) is 0 Å². The van der Waals surface area contributed by atoms with Gasteiger partial charge in [0.15, 0.2) is 0 Å². The minimum absolute atomic E-state index is 0.168. The Labute approximate surface area is 118 Å². The molecule has 0 spiro atoms. The predicted molar refractivity (Wildman–Crippen MR) is 78.0 cm³/mol. The topological polar surface area (TPSA) is 30.5 Å². The summed E-state index contributed by atoms with van der Waals surface area (Å²) in [5, 5.41) is 3.25. The summed E-state index contributed by atoms with van der Waals surface area (Å²) in [5.41, 5.74) is 1.41. The first-order chi connectivity index (χ1) is 9.65. The molecule has 106 valence electrons. The van der Waals surface area contributed by atoms with E-state index in [-0.39, 0.29) is 11.9 Å². The maximum atomic E-state index is 13.8. The zero-order chi connectivity index (χ0) is 14.5. The van der Waals surface area contributed by atoms with E-state index in [2.05, 4.69) is 5.32 Å². The average Bonchev–Trinajstić information content (AvgIpc) is 2.48. The van der Waals surface area contributed by atoms with E-state index in [9.17, 15) is 4.39 Å². The molecule has 2 aromatic rings. The molecular weight excluding hydrogens is 257 g/mol. The Morgan fingerprint density at radius 3 is 2.45 bits per heavy atom. The van der Waals surface area contributed by atoms with Gasteiger partial charge in [-0.15, -0.1) is 0 Å². The maximum Gasteiger partial charge on any atom is 0.145 e. The number of rotatable bonds is 5. The number of hydrogen-bond donors (Lipinski definition) is 1. The minimum atomic E-state index is -0.222.